The van der Waals surface area contributed by atoms with E-state index < -0.39 is 23.9 Å². The zero-order chi connectivity index (χ0) is 27.5. The number of aromatic nitrogens is 1. The Labute approximate surface area is 227 Å². The summed E-state index contributed by atoms with van der Waals surface area (Å²) < 4.78 is 0. The van der Waals surface area contributed by atoms with Gasteiger partial charge in [0.1, 0.15) is 5.75 Å². The maximum absolute atomic E-state index is 13.5. The van der Waals surface area contributed by atoms with Crippen molar-refractivity contribution in [2.24, 2.45) is 17.8 Å². The van der Waals surface area contributed by atoms with Gasteiger partial charge < -0.3 is 15.3 Å². The standard InChI is InChI=1S/C32H32N2O5/c1-20-17-25-30(32(39)34(31(25)38)23-7-3-2-4-8-23)26(19-35)29(20)28(37)15-12-22(27-9-5-6-16-33-27)18-21-10-13-24(36)14-11-21/h2-11,13-14,16,18,25-26,28,30,35-37H,12,15,17,19H2,1H3/b22-18-/t25-,26+,28-,30-/m1/s1. The Kier molecular flexibility index (Phi) is 7.72. The van der Waals surface area contributed by atoms with E-state index in [4.69, 9.17) is 0 Å². The van der Waals surface area contributed by atoms with Gasteiger partial charge in [0.05, 0.1) is 35.9 Å². The molecular weight excluding hydrogens is 492 g/mol. The van der Waals surface area contributed by atoms with E-state index in [0.717, 1.165) is 22.4 Å². The van der Waals surface area contributed by atoms with Gasteiger partial charge in [0.25, 0.3) is 0 Å². The number of rotatable bonds is 8. The monoisotopic (exact) mass is 524 g/mol. The van der Waals surface area contributed by atoms with Crippen LogP contribution < -0.4 is 4.90 Å². The zero-order valence-corrected chi connectivity index (χ0v) is 21.8. The van der Waals surface area contributed by atoms with Crippen molar-refractivity contribution in [2.45, 2.75) is 32.3 Å². The van der Waals surface area contributed by atoms with E-state index in [1.54, 1.807) is 42.6 Å². The van der Waals surface area contributed by atoms with Crippen LogP contribution in [0.1, 0.15) is 37.4 Å². The van der Waals surface area contributed by atoms with Crippen LogP contribution >= 0.6 is 0 Å². The van der Waals surface area contributed by atoms with Gasteiger partial charge in [-0.3, -0.25) is 19.5 Å². The smallest absolute Gasteiger partial charge is 0.238 e. The number of phenols is 1. The molecule has 0 radical (unpaired) electrons. The van der Waals surface area contributed by atoms with Crippen molar-refractivity contribution in [2.75, 3.05) is 11.5 Å². The first-order chi connectivity index (χ1) is 18.9. The van der Waals surface area contributed by atoms with Crippen LogP contribution in [-0.4, -0.2) is 44.8 Å². The molecule has 0 unspecified atom stereocenters. The minimum Gasteiger partial charge on any atom is -0.508 e. The van der Waals surface area contributed by atoms with Crippen LogP contribution in [0.2, 0.25) is 0 Å². The second kappa shape index (κ2) is 11.4. The number of allylic oxidation sites excluding steroid dienone is 2. The van der Waals surface area contributed by atoms with E-state index in [1.807, 2.05) is 49.4 Å². The fraction of sp³-hybridized carbons (Fsp3) is 0.281. The van der Waals surface area contributed by atoms with E-state index in [-0.39, 0.29) is 24.2 Å². The summed E-state index contributed by atoms with van der Waals surface area (Å²) in [5, 5.41) is 31.5. The number of benzene rings is 2. The number of para-hydroxylation sites is 1. The average Bonchev–Trinajstić information content (AvgIpc) is 3.20. The number of phenolic OH excluding ortho intramolecular Hbond substituents is 1. The first-order valence-corrected chi connectivity index (χ1v) is 13.2. The highest BCUT2D eigenvalue weighted by Gasteiger charge is 2.54. The van der Waals surface area contributed by atoms with Crippen LogP contribution in [-0.2, 0) is 9.59 Å². The molecule has 39 heavy (non-hydrogen) atoms. The number of anilines is 1. The van der Waals surface area contributed by atoms with E-state index in [9.17, 15) is 24.9 Å². The Morgan fingerprint density at radius 2 is 1.74 bits per heavy atom. The lowest BCUT2D eigenvalue weighted by Gasteiger charge is -2.35. The minimum atomic E-state index is -0.899. The van der Waals surface area contributed by atoms with E-state index in [1.165, 1.54) is 4.90 Å². The van der Waals surface area contributed by atoms with Crippen molar-refractivity contribution >= 4 is 29.2 Å². The fourth-order valence-electron chi connectivity index (χ4n) is 6.00. The van der Waals surface area contributed by atoms with E-state index in [2.05, 4.69) is 4.98 Å². The largest absolute Gasteiger partial charge is 0.508 e. The number of carbonyl (C=O) groups is 2. The van der Waals surface area contributed by atoms with Gasteiger partial charge in [0.15, 0.2) is 0 Å². The second-order valence-corrected chi connectivity index (χ2v) is 10.2. The molecule has 2 amide bonds. The number of aromatic hydroxyl groups is 1. The van der Waals surface area contributed by atoms with Crippen LogP contribution in [0.3, 0.4) is 0 Å². The average molecular weight is 525 g/mol. The van der Waals surface area contributed by atoms with Crippen molar-refractivity contribution in [3.63, 3.8) is 0 Å². The molecule has 0 saturated carbocycles. The lowest BCUT2D eigenvalue weighted by atomic mass is 9.68. The Morgan fingerprint density at radius 1 is 1.03 bits per heavy atom. The maximum atomic E-state index is 13.5. The Balaban J connectivity index is 1.39. The van der Waals surface area contributed by atoms with Crippen LogP contribution in [0.4, 0.5) is 5.69 Å². The summed E-state index contributed by atoms with van der Waals surface area (Å²) in [7, 11) is 0. The van der Waals surface area contributed by atoms with Crippen molar-refractivity contribution in [1.29, 1.82) is 0 Å². The number of hydrogen-bond donors (Lipinski definition) is 3. The van der Waals surface area contributed by atoms with Gasteiger partial charge in [-0.25, -0.2) is 0 Å². The molecule has 1 aliphatic heterocycles. The summed E-state index contributed by atoms with van der Waals surface area (Å²) in [6.07, 6.45) is 4.01. The third-order valence-corrected chi connectivity index (χ3v) is 7.81. The molecule has 2 aliphatic rings. The number of imide groups is 1. The fourth-order valence-corrected chi connectivity index (χ4v) is 6.00. The van der Waals surface area contributed by atoms with E-state index in [0.29, 0.717) is 30.5 Å². The van der Waals surface area contributed by atoms with Gasteiger partial charge in [-0.15, -0.1) is 0 Å². The molecule has 0 spiro atoms. The van der Waals surface area contributed by atoms with Crippen molar-refractivity contribution < 1.29 is 24.9 Å². The van der Waals surface area contributed by atoms with Crippen LogP contribution in [0.25, 0.3) is 11.6 Å². The quantitative estimate of drug-likeness (QED) is 0.293. The van der Waals surface area contributed by atoms with Crippen molar-refractivity contribution in [3.05, 3.63) is 101 Å². The number of fused-ring (bicyclic) bond motifs is 1. The molecule has 1 aliphatic carbocycles. The van der Waals surface area contributed by atoms with Crippen molar-refractivity contribution in [3.8, 4) is 5.75 Å². The molecule has 7 nitrogen and oxygen atoms in total. The highest BCUT2D eigenvalue weighted by Crippen LogP contribution is 2.47. The summed E-state index contributed by atoms with van der Waals surface area (Å²) in [6.45, 7) is 1.55. The molecule has 2 aromatic carbocycles. The first kappa shape index (κ1) is 26.5. The van der Waals surface area contributed by atoms with Gasteiger partial charge in [0.2, 0.25) is 11.8 Å². The third kappa shape index (κ3) is 5.28. The maximum Gasteiger partial charge on any atom is 0.238 e. The molecule has 1 aromatic heterocycles. The summed E-state index contributed by atoms with van der Waals surface area (Å²) in [4.78, 5) is 32.6. The SMILES string of the molecule is CC1=C([C@H](O)CC/C(=C/c2ccc(O)cc2)c2ccccn2)[C@H](CO)[C@@H]2C(=O)N(c3ccccc3)C(=O)[C@@H]2C1. The van der Waals surface area contributed by atoms with Crippen molar-refractivity contribution in [1.82, 2.24) is 4.98 Å². The number of amides is 2. The van der Waals surface area contributed by atoms with Gasteiger partial charge in [-0.1, -0.05) is 42.0 Å². The number of hydrogen-bond acceptors (Lipinski definition) is 6. The molecule has 200 valence electrons. The predicted molar refractivity (Wildman–Crippen MR) is 149 cm³/mol. The molecule has 3 N–H and O–H groups in total. The van der Waals surface area contributed by atoms with Gasteiger partial charge >= 0.3 is 0 Å². The molecule has 4 atom stereocenters. The highest BCUT2D eigenvalue weighted by molar-refractivity contribution is 6.22. The number of aliphatic hydroxyl groups excluding tert-OH is 2. The molecule has 5 rings (SSSR count). The summed E-state index contributed by atoms with van der Waals surface area (Å²) in [5.41, 5.74) is 4.61. The third-order valence-electron chi connectivity index (χ3n) is 7.81. The summed E-state index contributed by atoms with van der Waals surface area (Å²) >= 11 is 0. The number of aliphatic hydroxyl groups is 2. The molecule has 1 fully saturated rings. The molecular formula is C32H32N2O5. The number of nitrogens with zero attached hydrogens (tertiary/aromatic N) is 2. The normalized spacial score (nSPS) is 22.3. The first-order valence-electron chi connectivity index (χ1n) is 13.2. The minimum absolute atomic E-state index is 0.181. The highest BCUT2D eigenvalue weighted by atomic mass is 16.3. The molecule has 7 heteroatoms. The van der Waals surface area contributed by atoms with Gasteiger partial charge in [-0.2, -0.15) is 0 Å². The number of carbonyl (C=O) groups excluding carboxylic acids is 2. The topological polar surface area (TPSA) is 111 Å². The molecule has 1 saturated heterocycles. The molecule has 0 bridgehead atoms. The molecule has 2 heterocycles. The Hall–Kier alpha value is -4.07. The lowest BCUT2D eigenvalue weighted by molar-refractivity contribution is -0.123. The Bertz CT molecular complexity index is 1400. The zero-order valence-electron chi connectivity index (χ0n) is 21.8. The molecule has 3 aromatic rings. The summed E-state index contributed by atoms with van der Waals surface area (Å²) in [6, 6.07) is 21.4. The lowest BCUT2D eigenvalue weighted by Crippen LogP contribution is -2.38. The summed E-state index contributed by atoms with van der Waals surface area (Å²) in [5.74, 6) is -2.29. The Morgan fingerprint density at radius 3 is 2.41 bits per heavy atom. The van der Waals surface area contributed by atoms with Gasteiger partial charge in [0, 0.05) is 12.1 Å². The second-order valence-electron chi connectivity index (χ2n) is 10.2. The van der Waals surface area contributed by atoms with Gasteiger partial charge in [-0.05, 0) is 85.4 Å². The van der Waals surface area contributed by atoms with Crippen LogP contribution in [0.15, 0.2) is 90.1 Å². The number of pyridine rings is 1. The predicted octanol–water partition coefficient (Wildman–Crippen LogP) is 4.60. The van der Waals surface area contributed by atoms with E-state index >= 15 is 0 Å². The van der Waals surface area contributed by atoms with Crippen LogP contribution in [0.5, 0.6) is 5.75 Å². The van der Waals surface area contributed by atoms with Crippen LogP contribution in [0, 0.1) is 17.8 Å².